The number of aliphatic carboxylic acids is 1. The molecular weight excluding hydrogens is 244 g/mol. The molecular formula is C14H24N2O3. The first-order valence-corrected chi connectivity index (χ1v) is 7.21. The van der Waals surface area contributed by atoms with E-state index in [1.54, 1.807) is 9.80 Å². The van der Waals surface area contributed by atoms with Crippen LogP contribution >= 0.6 is 0 Å². The largest absolute Gasteiger partial charge is 0.481 e. The molecule has 0 spiro atoms. The van der Waals surface area contributed by atoms with E-state index in [4.69, 9.17) is 0 Å². The Kier molecular flexibility index (Phi) is 3.74. The summed E-state index contributed by atoms with van der Waals surface area (Å²) in [6, 6.07) is 0.145. The number of urea groups is 1. The number of carboxylic acids is 1. The molecule has 1 saturated carbocycles. The van der Waals surface area contributed by atoms with Crippen LogP contribution in [0.1, 0.15) is 40.0 Å². The van der Waals surface area contributed by atoms with E-state index in [2.05, 4.69) is 0 Å². The predicted octanol–water partition coefficient (Wildman–Crippen LogP) is 2.02. The fraction of sp³-hybridized carbons (Fsp3) is 0.857. The molecule has 0 bridgehead atoms. The number of nitrogens with zero attached hydrogens (tertiary/aromatic N) is 2. The minimum atomic E-state index is -0.724. The van der Waals surface area contributed by atoms with Gasteiger partial charge in [-0.25, -0.2) is 4.79 Å². The van der Waals surface area contributed by atoms with E-state index in [9.17, 15) is 14.7 Å². The van der Waals surface area contributed by atoms with Gasteiger partial charge in [0, 0.05) is 25.7 Å². The van der Waals surface area contributed by atoms with Gasteiger partial charge in [0.2, 0.25) is 0 Å². The molecule has 2 atom stereocenters. The SMILES string of the molecule is CCN(C(=O)N1C[C@@H]2CCC[C@@]2(C(=O)O)C1)C(C)C. The van der Waals surface area contributed by atoms with Crippen LogP contribution in [0, 0.1) is 11.3 Å². The number of likely N-dealkylation sites (tertiary alicyclic amines) is 1. The zero-order valence-electron chi connectivity index (χ0n) is 12.1. The number of carbonyl (C=O) groups excluding carboxylic acids is 1. The van der Waals surface area contributed by atoms with Crippen molar-refractivity contribution in [3.05, 3.63) is 0 Å². The molecule has 1 heterocycles. The molecule has 0 aromatic rings. The first kappa shape index (κ1) is 14.2. The summed E-state index contributed by atoms with van der Waals surface area (Å²) in [5, 5.41) is 9.53. The normalized spacial score (nSPS) is 29.7. The van der Waals surface area contributed by atoms with Crippen LogP contribution in [0.2, 0.25) is 0 Å². The van der Waals surface area contributed by atoms with Gasteiger partial charge in [-0.05, 0) is 39.5 Å². The van der Waals surface area contributed by atoms with E-state index in [0.717, 1.165) is 12.8 Å². The summed E-state index contributed by atoms with van der Waals surface area (Å²) in [5.41, 5.74) is -0.675. The number of hydrogen-bond acceptors (Lipinski definition) is 2. The van der Waals surface area contributed by atoms with Gasteiger partial charge in [0.1, 0.15) is 0 Å². The van der Waals surface area contributed by atoms with Crippen LogP contribution < -0.4 is 0 Å². The van der Waals surface area contributed by atoms with Crippen molar-refractivity contribution < 1.29 is 14.7 Å². The van der Waals surface area contributed by atoms with Gasteiger partial charge in [-0.2, -0.15) is 0 Å². The van der Waals surface area contributed by atoms with Crippen molar-refractivity contribution >= 4 is 12.0 Å². The molecule has 0 aromatic heterocycles. The zero-order valence-corrected chi connectivity index (χ0v) is 12.1. The van der Waals surface area contributed by atoms with Gasteiger partial charge in [0.05, 0.1) is 5.41 Å². The van der Waals surface area contributed by atoms with Gasteiger partial charge in [-0.3, -0.25) is 4.79 Å². The summed E-state index contributed by atoms with van der Waals surface area (Å²) in [7, 11) is 0. The average Bonchev–Trinajstić information content (AvgIpc) is 2.85. The number of rotatable bonds is 3. The van der Waals surface area contributed by atoms with Crippen molar-refractivity contribution in [2.24, 2.45) is 11.3 Å². The highest BCUT2D eigenvalue weighted by Gasteiger charge is 2.56. The van der Waals surface area contributed by atoms with Gasteiger partial charge in [0.25, 0.3) is 0 Å². The van der Waals surface area contributed by atoms with Crippen LogP contribution in [-0.4, -0.2) is 52.6 Å². The van der Waals surface area contributed by atoms with Crippen molar-refractivity contribution in [1.29, 1.82) is 0 Å². The Morgan fingerprint density at radius 2 is 2.16 bits per heavy atom. The maximum Gasteiger partial charge on any atom is 0.320 e. The van der Waals surface area contributed by atoms with E-state index in [1.165, 1.54) is 0 Å². The van der Waals surface area contributed by atoms with Crippen LogP contribution in [0.3, 0.4) is 0 Å². The highest BCUT2D eigenvalue weighted by molar-refractivity contribution is 5.80. The predicted molar refractivity (Wildman–Crippen MR) is 71.9 cm³/mol. The smallest absolute Gasteiger partial charge is 0.320 e. The van der Waals surface area contributed by atoms with Crippen LogP contribution in [0.5, 0.6) is 0 Å². The van der Waals surface area contributed by atoms with E-state index < -0.39 is 11.4 Å². The van der Waals surface area contributed by atoms with E-state index >= 15 is 0 Å². The van der Waals surface area contributed by atoms with Crippen molar-refractivity contribution in [2.45, 2.75) is 46.1 Å². The molecule has 0 radical (unpaired) electrons. The van der Waals surface area contributed by atoms with Gasteiger partial charge in [0.15, 0.2) is 0 Å². The monoisotopic (exact) mass is 268 g/mol. The van der Waals surface area contributed by atoms with Crippen LogP contribution in [0.15, 0.2) is 0 Å². The van der Waals surface area contributed by atoms with Gasteiger partial charge < -0.3 is 14.9 Å². The quantitative estimate of drug-likeness (QED) is 0.852. The second-order valence-electron chi connectivity index (χ2n) is 6.09. The molecule has 2 amide bonds. The molecule has 5 heteroatoms. The summed E-state index contributed by atoms with van der Waals surface area (Å²) in [6.07, 6.45) is 2.62. The average molecular weight is 268 g/mol. The van der Waals surface area contributed by atoms with E-state index in [0.29, 0.717) is 26.1 Å². The number of carbonyl (C=O) groups is 2. The number of fused-ring (bicyclic) bond motifs is 1. The maximum absolute atomic E-state index is 12.5. The van der Waals surface area contributed by atoms with Crippen LogP contribution in [0.4, 0.5) is 4.79 Å². The lowest BCUT2D eigenvalue weighted by atomic mass is 9.81. The third-order valence-electron chi connectivity index (χ3n) is 4.78. The van der Waals surface area contributed by atoms with Crippen molar-refractivity contribution in [2.75, 3.05) is 19.6 Å². The Morgan fingerprint density at radius 3 is 2.63 bits per heavy atom. The summed E-state index contributed by atoms with van der Waals surface area (Å²) in [5.74, 6) is -0.585. The Labute approximate surface area is 114 Å². The molecule has 1 aliphatic heterocycles. The Bertz CT molecular complexity index is 383. The zero-order chi connectivity index (χ0) is 14.2. The molecule has 2 fully saturated rings. The fourth-order valence-corrected chi connectivity index (χ4v) is 3.69. The third kappa shape index (κ3) is 2.19. The van der Waals surface area contributed by atoms with E-state index in [1.807, 2.05) is 20.8 Å². The third-order valence-corrected chi connectivity index (χ3v) is 4.78. The summed E-state index contributed by atoms with van der Waals surface area (Å²) in [6.45, 7) is 7.60. The molecule has 1 N–H and O–H groups in total. The minimum absolute atomic E-state index is 0.00692. The van der Waals surface area contributed by atoms with Gasteiger partial charge in [-0.1, -0.05) is 6.42 Å². The lowest BCUT2D eigenvalue weighted by molar-refractivity contribution is -0.149. The van der Waals surface area contributed by atoms with Crippen molar-refractivity contribution in [1.82, 2.24) is 9.80 Å². The number of amides is 2. The minimum Gasteiger partial charge on any atom is -0.481 e. The second kappa shape index (κ2) is 5.02. The van der Waals surface area contributed by atoms with Crippen molar-refractivity contribution in [3.63, 3.8) is 0 Å². The first-order chi connectivity index (χ1) is 8.92. The molecule has 1 aliphatic carbocycles. The number of carboxylic acid groups (broad SMARTS) is 1. The summed E-state index contributed by atoms with van der Waals surface area (Å²) >= 11 is 0. The standard InChI is InChI=1S/C14H24N2O3/c1-4-16(10(2)3)13(19)15-8-11-6-5-7-14(11,9-15)12(17)18/h10-11H,4-9H2,1-3H3,(H,17,18)/t11-,14+/m0/s1. The van der Waals surface area contributed by atoms with Crippen LogP contribution in [0.25, 0.3) is 0 Å². The highest BCUT2D eigenvalue weighted by Crippen LogP contribution is 2.49. The van der Waals surface area contributed by atoms with E-state index in [-0.39, 0.29) is 18.0 Å². The first-order valence-electron chi connectivity index (χ1n) is 7.21. The lowest BCUT2D eigenvalue weighted by Crippen LogP contribution is -2.46. The molecule has 5 nitrogen and oxygen atoms in total. The maximum atomic E-state index is 12.5. The Morgan fingerprint density at radius 1 is 1.47 bits per heavy atom. The molecule has 0 unspecified atom stereocenters. The number of hydrogen-bond donors (Lipinski definition) is 1. The van der Waals surface area contributed by atoms with Gasteiger partial charge >= 0.3 is 12.0 Å². The molecule has 108 valence electrons. The fourth-order valence-electron chi connectivity index (χ4n) is 3.69. The Balaban J connectivity index is 2.13. The van der Waals surface area contributed by atoms with Crippen LogP contribution in [-0.2, 0) is 4.79 Å². The highest BCUT2D eigenvalue weighted by atomic mass is 16.4. The molecule has 0 aromatic carbocycles. The lowest BCUT2D eigenvalue weighted by Gasteiger charge is -2.31. The molecule has 2 aliphatic rings. The second-order valence-corrected chi connectivity index (χ2v) is 6.09. The van der Waals surface area contributed by atoms with Gasteiger partial charge in [-0.15, -0.1) is 0 Å². The summed E-state index contributed by atoms with van der Waals surface area (Å²) < 4.78 is 0. The molecule has 1 saturated heterocycles. The topological polar surface area (TPSA) is 60.9 Å². The molecule has 2 rings (SSSR count). The molecule has 19 heavy (non-hydrogen) atoms. The Hall–Kier alpha value is -1.26. The summed E-state index contributed by atoms with van der Waals surface area (Å²) in [4.78, 5) is 27.6. The van der Waals surface area contributed by atoms with Crippen molar-refractivity contribution in [3.8, 4) is 0 Å².